The summed E-state index contributed by atoms with van der Waals surface area (Å²) in [6.07, 6.45) is 2.30. The fourth-order valence-corrected chi connectivity index (χ4v) is 5.47. The van der Waals surface area contributed by atoms with Gasteiger partial charge in [-0.15, -0.1) is 0 Å². The zero-order valence-corrected chi connectivity index (χ0v) is 18.6. The summed E-state index contributed by atoms with van der Waals surface area (Å²) in [5.74, 6) is 0.944. The number of hydrogen-bond donors (Lipinski definition) is 2. The van der Waals surface area contributed by atoms with Gasteiger partial charge in [0.05, 0.1) is 18.9 Å². The van der Waals surface area contributed by atoms with E-state index in [1.807, 2.05) is 38.1 Å². The Bertz CT molecular complexity index is 800. The number of guanidine groups is 1. The lowest BCUT2D eigenvalue weighted by molar-refractivity contribution is 0.156. The van der Waals surface area contributed by atoms with Gasteiger partial charge in [-0.3, -0.25) is 0 Å². The van der Waals surface area contributed by atoms with Crippen LogP contribution in [0.25, 0.3) is 0 Å². The molecule has 3 rings (SSSR count). The van der Waals surface area contributed by atoms with Gasteiger partial charge in [-0.2, -0.15) is 0 Å². The van der Waals surface area contributed by atoms with E-state index >= 15 is 0 Å². The van der Waals surface area contributed by atoms with Crippen molar-refractivity contribution in [3.63, 3.8) is 0 Å². The minimum atomic E-state index is -3.31. The third-order valence-corrected chi connectivity index (χ3v) is 7.01. The van der Waals surface area contributed by atoms with Crippen LogP contribution in [0.1, 0.15) is 44.7 Å². The normalized spacial score (nSPS) is 22.8. The summed E-state index contributed by atoms with van der Waals surface area (Å²) in [6.45, 7) is 10.9. The van der Waals surface area contributed by atoms with Crippen molar-refractivity contribution in [3.05, 3.63) is 35.4 Å². The van der Waals surface area contributed by atoms with E-state index in [2.05, 4.69) is 21.9 Å². The maximum absolute atomic E-state index is 12.1. The summed E-state index contributed by atoms with van der Waals surface area (Å²) in [5, 5.41) is 3.41. The lowest BCUT2D eigenvalue weighted by Crippen LogP contribution is -2.41. The molecule has 1 spiro atoms. The van der Waals surface area contributed by atoms with E-state index in [0.29, 0.717) is 12.0 Å². The molecule has 1 aromatic rings. The van der Waals surface area contributed by atoms with E-state index < -0.39 is 10.0 Å². The van der Waals surface area contributed by atoms with E-state index in [9.17, 15) is 8.42 Å². The number of rotatable bonds is 7. The van der Waals surface area contributed by atoms with Gasteiger partial charge in [-0.05, 0) is 44.7 Å². The Morgan fingerprint density at radius 3 is 2.59 bits per heavy atom. The van der Waals surface area contributed by atoms with Crippen LogP contribution in [-0.4, -0.2) is 58.2 Å². The van der Waals surface area contributed by atoms with Gasteiger partial charge in [-0.1, -0.05) is 24.3 Å². The van der Waals surface area contributed by atoms with Crippen molar-refractivity contribution in [1.29, 1.82) is 0 Å². The summed E-state index contributed by atoms with van der Waals surface area (Å²) < 4.78 is 32.4. The quantitative estimate of drug-likeness (QED) is 0.519. The van der Waals surface area contributed by atoms with Crippen molar-refractivity contribution in [2.75, 3.05) is 32.8 Å². The molecule has 8 heteroatoms. The maximum atomic E-state index is 12.1. The fraction of sp³-hybridized carbons (Fsp3) is 0.667. The van der Waals surface area contributed by atoms with Crippen LogP contribution in [0, 0.1) is 5.41 Å². The second-order valence-corrected chi connectivity index (χ2v) is 10.2. The van der Waals surface area contributed by atoms with Crippen molar-refractivity contribution in [1.82, 2.24) is 14.9 Å². The highest BCUT2D eigenvalue weighted by Gasteiger charge is 2.42. The molecule has 2 heterocycles. The second kappa shape index (κ2) is 9.45. The van der Waals surface area contributed by atoms with Crippen LogP contribution in [0.2, 0.25) is 0 Å². The highest BCUT2D eigenvalue weighted by Crippen LogP contribution is 2.38. The molecule has 2 saturated heterocycles. The average molecular weight is 423 g/mol. The first-order chi connectivity index (χ1) is 13.8. The first kappa shape index (κ1) is 22.1. The third kappa shape index (κ3) is 6.17. The zero-order chi connectivity index (χ0) is 20.9. The van der Waals surface area contributed by atoms with Crippen LogP contribution < -0.4 is 10.0 Å². The zero-order valence-electron chi connectivity index (χ0n) is 17.8. The molecule has 7 nitrogen and oxygen atoms in total. The van der Waals surface area contributed by atoms with Crippen LogP contribution >= 0.6 is 0 Å². The molecular formula is C21H34N4O3S. The molecule has 0 aliphatic carbocycles. The number of nitrogens with zero attached hydrogens (tertiary/aromatic N) is 2. The van der Waals surface area contributed by atoms with Crippen LogP contribution in [0.15, 0.2) is 29.3 Å². The van der Waals surface area contributed by atoms with E-state index in [0.717, 1.165) is 62.8 Å². The Morgan fingerprint density at radius 2 is 1.97 bits per heavy atom. The fourth-order valence-electron chi connectivity index (χ4n) is 4.04. The highest BCUT2D eigenvalue weighted by molar-refractivity contribution is 7.88. The lowest BCUT2D eigenvalue weighted by Gasteiger charge is -2.25. The van der Waals surface area contributed by atoms with Gasteiger partial charge >= 0.3 is 0 Å². The standard InChI is InChI=1S/C21H34N4O3S/c1-4-22-20(25-11-9-21(15-25)10-12-28-16-21)23-13-18-5-7-19(8-6-18)14-29(26,27)24-17(2)3/h5-8,17,24H,4,9-16H2,1-3H3,(H,22,23). The first-order valence-corrected chi connectivity index (χ1v) is 12.1. The number of aliphatic imine (C=N–C) groups is 1. The number of nitrogens with one attached hydrogen (secondary N) is 2. The molecule has 1 unspecified atom stereocenters. The Morgan fingerprint density at radius 1 is 1.24 bits per heavy atom. The number of ether oxygens (including phenoxy) is 1. The Labute approximate surface area is 175 Å². The van der Waals surface area contributed by atoms with Crippen molar-refractivity contribution >= 4 is 16.0 Å². The number of benzene rings is 1. The Hall–Kier alpha value is -1.64. The predicted octanol–water partition coefficient (Wildman–Crippen LogP) is 2.09. The van der Waals surface area contributed by atoms with Gasteiger partial charge in [0.25, 0.3) is 0 Å². The third-order valence-electron chi connectivity index (χ3n) is 5.46. The second-order valence-electron chi connectivity index (χ2n) is 8.49. The topological polar surface area (TPSA) is 83.0 Å². The van der Waals surface area contributed by atoms with E-state index in [1.165, 1.54) is 0 Å². The molecule has 0 amide bonds. The Balaban J connectivity index is 1.61. The number of sulfonamides is 1. The molecule has 2 aliphatic heterocycles. The largest absolute Gasteiger partial charge is 0.381 e. The molecule has 2 N–H and O–H groups in total. The highest BCUT2D eigenvalue weighted by atomic mass is 32.2. The molecule has 0 bridgehead atoms. The molecule has 0 saturated carbocycles. The summed E-state index contributed by atoms with van der Waals surface area (Å²) in [6, 6.07) is 7.57. The molecule has 2 fully saturated rings. The lowest BCUT2D eigenvalue weighted by atomic mass is 9.87. The van der Waals surface area contributed by atoms with Crippen molar-refractivity contribution in [2.45, 2.75) is 52.0 Å². The Kier molecular flexibility index (Phi) is 7.19. The maximum Gasteiger partial charge on any atom is 0.216 e. The van der Waals surface area contributed by atoms with Gasteiger partial charge in [0.15, 0.2) is 5.96 Å². The van der Waals surface area contributed by atoms with Gasteiger partial charge < -0.3 is 15.0 Å². The summed E-state index contributed by atoms with van der Waals surface area (Å²) >= 11 is 0. The van der Waals surface area contributed by atoms with E-state index in [1.54, 1.807) is 0 Å². The molecule has 0 aromatic heterocycles. The van der Waals surface area contributed by atoms with Crippen molar-refractivity contribution in [2.24, 2.45) is 10.4 Å². The van der Waals surface area contributed by atoms with Gasteiger partial charge in [0.2, 0.25) is 10.0 Å². The van der Waals surface area contributed by atoms with Crippen LogP contribution in [-0.2, 0) is 27.1 Å². The van der Waals surface area contributed by atoms with Crippen molar-refractivity contribution < 1.29 is 13.2 Å². The summed E-state index contributed by atoms with van der Waals surface area (Å²) in [5.41, 5.74) is 2.14. The molecule has 0 radical (unpaired) electrons. The molecule has 1 atom stereocenters. The predicted molar refractivity (Wildman–Crippen MR) is 116 cm³/mol. The molecule has 2 aliphatic rings. The number of hydrogen-bond acceptors (Lipinski definition) is 4. The summed E-state index contributed by atoms with van der Waals surface area (Å²) in [7, 11) is -3.31. The molecular weight excluding hydrogens is 388 g/mol. The molecule has 1 aromatic carbocycles. The van der Waals surface area contributed by atoms with E-state index in [4.69, 9.17) is 9.73 Å². The van der Waals surface area contributed by atoms with Crippen molar-refractivity contribution in [3.8, 4) is 0 Å². The van der Waals surface area contributed by atoms with Crippen LogP contribution in [0.3, 0.4) is 0 Å². The minimum Gasteiger partial charge on any atom is -0.381 e. The molecule has 29 heavy (non-hydrogen) atoms. The monoisotopic (exact) mass is 422 g/mol. The first-order valence-electron chi connectivity index (χ1n) is 10.5. The van der Waals surface area contributed by atoms with Gasteiger partial charge in [0.1, 0.15) is 0 Å². The van der Waals surface area contributed by atoms with Gasteiger partial charge in [0, 0.05) is 37.7 Å². The molecule has 162 valence electrons. The average Bonchev–Trinajstić information content (AvgIpc) is 3.28. The number of likely N-dealkylation sites (tertiary alicyclic amines) is 1. The minimum absolute atomic E-state index is 0.00466. The SMILES string of the molecule is CCNC(=NCc1ccc(CS(=O)(=O)NC(C)C)cc1)N1CCC2(CCOC2)C1. The van der Waals surface area contributed by atoms with Crippen LogP contribution in [0.4, 0.5) is 0 Å². The summed E-state index contributed by atoms with van der Waals surface area (Å²) in [4.78, 5) is 7.17. The smallest absolute Gasteiger partial charge is 0.216 e. The van der Waals surface area contributed by atoms with E-state index in [-0.39, 0.29) is 11.8 Å². The van der Waals surface area contributed by atoms with Crippen LogP contribution in [0.5, 0.6) is 0 Å². The van der Waals surface area contributed by atoms with Gasteiger partial charge in [-0.25, -0.2) is 18.1 Å².